The molecule has 3 aromatic rings. The molecule has 1 aromatic carbocycles. The van der Waals surface area contributed by atoms with Gasteiger partial charge in [0.15, 0.2) is 0 Å². The van der Waals surface area contributed by atoms with Crippen molar-refractivity contribution in [1.29, 1.82) is 0 Å². The van der Waals surface area contributed by atoms with Crippen LogP contribution in [0.3, 0.4) is 0 Å². The summed E-state index contributed by atoms with van der Waals surface area (Å²) in [6.45, 7) is 0. The van der Waals surface area contributed by atoms with Crippen molar-refractivity contribution in [3.63, 3.8) is 0 Å². The molecule has 2 heterocycles. The Morgan fingerprint density at radius 2 is 1.78 bits per heavy atom. The Morgan fingerprint density at radius 3 is 2.47 bits per heavy atom. The molecule has 0 spiro atoms. The quantitative estimate of drug-likeness (QED) is 0.535. The predicted octanol–water partition coefficient (Wildman–Crippen LogP) is 5.03. The molecule has 0 bridgehead atoms. The lowest BCUT2D eigenvalue weighted by Gasteiger charge is -2.28. The van der Waals surface area contributed by atoms with E-state index < -0.39 is 30.0 Å². The predicted molar refractivity (Wildman–Crippen MR) is 102 cm³/mol. The largest absolute Gasteiger partial charge is 0.573 e. The van der Waals surface area contributed by atoms with Gasteiger partial charge in [-0.05, 0) is 43.2 Å². The fourth-order valence-corrected chi connectivity index (χ4v) is 3.79. The molecule has 0 aliphatic heterocycles. The number of nitrogens with one attached hydrogen (secondary N) is 1. The molecule has 2 aromatic heterocycles. The molecule has 2 atom stereocenters. The first-order chi connectivity index (χ1) is 15.0. The van der Waals surface area contributed by atoms with Crippen molar-refractivity contribution in [2.24, 2.45) is 0 Å². The Morgan fingerprint density at radius 1 is 1.03 bits per heavy atom. The second-order valence-corrected chi connectivity index (χ2v) is 7.49. The van der Waals surface area contributed by atoms with Gasteiger partial charge in [-0.2, -0.15) is 13.2 Å². The monoisotopic (exact) mass is 460 g/mol. The molecule has 1 aliphatic carbocycles. The van der Waals surface area contributed by atoms with E-state index in [2.05, 4.69) is 20.3 Å². The van der Waals surface area contributed by atoms with E-state index in [1.165, 1.54) is 4.40 Å². The molecule has 4 rings (SSSR count). The highest BCUT2D eigenvalue weighted by Crippen LogP contribution is 2.40. The van der Waals surface area contributed by atoms with Crippen molar-refractivity contribution >= 4 is 11.5 Å². The first-order valence-electron chi connectivity index (χ1n) is 9.78. The lowest BCUT2D eigenvalue weighted by atomic mass is 9.93. The van der Waals surface area contributed by atoms with Gasteiger partial charge in [-0.15, -0.1) is 23.4 Å². The smallest absolute Gasteiger partial charge is 0.405 e. The highest BCUT2D eigenvalue weighted by Gasteiger charge is 2.36. The van der Waals surface area contributed by atoms with Crippen LogP contribution in [0.4, 0.5) is 32.3 Å². The summed E-state index contributed by atoms with van der Waals surface area (Å²) in [5.41, 5.74) is -1.36. The molecule has 32 heavy (non-hydrogen) atoms. The summed E-state index contributed by atoms with van der Waals surface area (Å²) in [5, 5.41) is 21.3. The number of hydrogen-bond donors (Lipinski definition) is 2. The van der Waals surface area contributed by atoms with Crippen LogP contribution in [-0.4, -0.2) is 38.2 Å². The molecule has 1 saturated carbocycles. The van der Waals surface area contributed by atoms with Gasteiger partial charge in [-0.1, -0.05) is 12.8 Å². The van der Waals surface area contributed by atoms with Crippen LogP contribution in [-0.2, 0) is 6.18 Å². The van der Waals surface area contributed by atoms with Gasteiger partial charge in [0.1, 0.15) is 11.4 Å². The van der Waals surface area contributed by atoms with Gasteiger partial charge in [-0.3, -0.25) is 4.40 Å². The van der Waals surface area contributed by atoms with Gasteiger partial charge in [0.25, 0.3) is 0 Å². The zero-order chi connectivity index (χ0) is 23.1. The summed E-state index contributed by atoms with van der Waals surface area (Å²) in [6, 6.07) is 4.68. The SMILES string of the molecule is O[C@H]1CCCC[C@@H]1Nc1nnc(-c2ccc(C(F)(F)F)cc2OC(F)(F)F)c2cccn12. The van der Waals surface area contributed by atoms with Crippen LogP contribution in [0, 0.1) is 0 Å². The lowest BCUT2D eigenvalue weighted by Crippen LogP contribution is -2.37. The molecule has 172 valence electrons. The highest BCUT2D eigenvalue weighted by molar-refractivity contribution is 5.81. The number of alkyl halides is 6. The molecule has 0 unspecified atom stereocenters. The Bertz CT molecular complexity index is 1110. The fourth-order valence-electron chi connectivity index (χ4n) is 3.79. The number of halogens is 6. The van der Waals surface area contributed by atoms with E-state index in [1.54, 1.807) is 18.3 Å². The average Bonchev–Trinajstić information content (AvgIpc) is 3.19. The van der Waals surface area contributed by atoms with Gasteiger partial charge in [0, 0.05) is 11.8 Å². The highest BCUT2D eigenvalue weighted by atomic mass is 19.4. The third kappa shape index (κ3) is 4.59. The first kappa shape index (κ1) is 22.2. The van der Waals surface area contributed by atoms with E-state index in [0.717, 1.165) is 18.9 Å². The van der Waals surface area contributed by atoms with Crippen LogP contribution in [0.15, 0.2) is 36.5 Å². The van der Waals surface area contributed by atoms with Crippen LogP contribution < -0.4 is 10.1 Å². The first-order valence-corrected chi connectivity index (χ1v) is 9.78. The van der Waals surface area contributed by atoms with E-state index in [-0.39, 0.29) is 29.3 Å². The number of rotatable bonds is 4. The van der Waals surface area contributed by atoms with Gasteiger partial charge < -0.3 is 15.2 Å². The van der Waals surface area contributed by atoms with E-state index in [0.29, 0.717) is 24.4 Å². The molecule has 2 N–H and O–H groups in total. The van der Waals surface area contributed by atoms with Crippen LogP contribution in [0.25, 0.3) is 16.8 Å². The zero-order valence-electron chi connectivity index (χ0n) is 16.4. The summed E-state index contributed by atoms with van der Waals surface area (Å²) in [4.78, 5) is 0. The molecule has 1 fully saturated rings. The Hall–Kier alpha value is -3.02. The van der Waals surface area contributed by atoms with E-state index >= 15 is 0 Å². The van der Waals surface area contributed by atoms with Crippen LogP contribution >= 0.6 is 0 Å². The number of nitrogens with zero attached hydrogens (tertiary/aromatic N) is 3. The normalized spacial score (nSPS) is 19.8. The Labute approximate surface area is 177 Å². The average molecular weight is 460 g/mol. The zero-order valence-corrected chi connectivity index (χ0v) is 16.4. The van der Waals surface area contributed by atoms with Gasteiger partial charge >= 0.3 is 12.5 Å². The number of ether oxygens (including phenoxy) is 1. The van der Waals surface area contributed by atoms with Crippen molar-refractivity contribution in [1.82, 2.24) is 14.6 Å². The third-order valence-electron chi connectivity index (χ3n) is 5.30. The number of aliphatic hydroxyl groups excluding tert-OH is 1. The molecule has 12 heteroatoms. The number of anilines is 1. The number of aliphatic hydroxyl groups is 1. The topological polar surface area (TPSA) is 71.7 Å². The fraction of sp³-hybridized carbons (Fsp3) is 0.400. The molecule has 1 aliphatic rings. The van der Waals surface area contributed by atoms with Gasteiger partial charge in [0.05, 0.1) is 23.2 Å². The summed E-state index contributed by atoms with van der Waals surface area (Å²) in [6.07, 6.45) is -5.91. The maximum absolute atomic E-state index is 13.0. The molecule has 6 nitrogen and oxygen atoms in total. The maximum atomic E-state index is 13.0. The van der Waals surface area contributed by atoms with Crippen molar-refractivity contribution in [3.05, 3.63) is 42.1 Å². The molecular weight excluding hydrogens is 442 g/mol. The minimum Gasteiger partial charge on any atom is -0.405 e. The second-order valence-electron chi connectivity index (χ2n) is 7.49. The van der Waals surface area contributed by atoms with E-state index in [1.807, 2.05) is 0 Å². The molecule has 0 radical (unpaired) electrons. The summed E-state index contributed by atoms with van der Waals surface area (Å²) >= 11 is 0. The third-order valence-corrected chi connectivity index (χ3v) is 5.30. The Balaban J connectivity index is 1.77. The number of hydrogen-bond acceptors (Lipinski definition) is 5. The van der Waals surface area contributed by atoms with Gasteiger partial charge in [-0.25, -0.2) is 0 Å². The summed E-state index contributed by atoms with van der Waals surface area (Å²) in [7, 11) is 0. The van der Waals surface area contributed by atoms with Crippen molar-refractivity contribution < 1.29 is 36.2 Å². The summed E-state index contributed by atoms with van der Waals surface area (Å²) < 4.78 is 83.3. The van der Waals surface area contributed by atoms with Crippen molar-refractivity contribution in [2.45, 2.75) is 50.4 Å². The standard InChI is InChI=1S/C20H18F6N4O2/c21-19(22,23)11-7-8-12(16(10-11)32-20(24,25)26)17-14-5-3-9-30(14)18(29-28-17)27-13-4-1-2-6-15(13)31/h3,5,7-10,13,15,31H,1-2,4,6H2,(H,27,29)/t13-,15-/m0/s1. The maximum Gasteiger partial charge on any atom is 0.573 e. The molecule has 0 amide bonds. The van der Waals surface area contributed by atoms with Crippen LogP contribution in [0.2, 0.25) is 0 Å². The van der Waals surface area contributed by atoms with Crippen LogP contribution in [0.1, 0.15) is 31.2 Å². The number of aromatic nitrogens is 3. The van der Waals surface area contributed by atoms with Crippen LogP contribution in [0.5, 0.6) is 5.75 Å². The lowest BCUT2D eigenvalue weighted by molar-refractivity contribution is -0.274. The van der Waals surface area contributed by atoms with Crippen molar-refractivity contribution in [3.8, 4) is 17.0 Å². The number of benzene rings is 1. The van der Waals surface area contributed by atoms with E-state index in [4.69, 9.17) is 0 Å². The minimum absolute atomic E-state index is 0.0854. The Kier molecular flexibility index (Phi) is 5.65. The van der Waals surface area contributed by atoms with Crippen molar-refractivity contribution in [2.75, 3.05) is 5.32 Å². The minimum atomic E-state index is -5.21. The summed E-state index contributed by atoms with van der Waals surface area (Å²) in [5.74, 6) is -0.780. The van der Waals surface area contributed by atoms with Gasteiger partial charge in [0.2, 0.25) is 5.95 Å². The number of fused-ring (bicyclic) bond motifs is 1. The molecule has 0 saturated heterocycles. The van der Waals surface area contributed by atoms with E-state index in [9.17, 15) is 31.4 Å². The molecular formula is C20H18F6N4O2. The second kappa shape index (κ2) is 8.15.